The molecule has 0 aliphatic carbocycles. The zero-order valence-corrected chi connectivity index (χ0v) is 12.3. The normalized spacial score (nSPS) is 15.1. The van der Waals surface area contributed by atoms with Crippen LogP contribution in [0.25, 0.3) is 0 Å². The molecule has 0 unspecified atom stereocenters. The van der Waals surface area contributed by atoms with Gasteiger partial charge in [0, 0.05) is 0 Å². The Morgan fingerprint density at radius 3 is 2.25 bits per heavy atom. The molecule has 1 N–H and O–H groups in total. The fraction of sp³-hybridized carbons (Fsp3) is 0.188. The number of nitriles is 1. The van der Waals surface area contributed by atoms with Gasteiger partial charge in [-0.05, 0) is 31.5 Å². The Labute approximate surface area is 121 Å². The lowest BCUT2D eigenvalue weighted by atomic mass is 9.95. The van der Waals surface area contributed by atoms with Crippen molar-refractivity contribution in [3.05, 3.63) is 65.7 Å². The fourth-order valence-electron chi connectivity index (χ4n) is 1.82. The van der Waals surface area contributed by atoms with Gasteiger partial charge in [0.15, 0.2) is 0 Å². The van der Waals surface area contributed by atoms with E-state index in [1.165, 1.54) is 0 Å². The quantitative estimate of drug-likeness (QED) is 0.938. The molecule has 0 heterocycles. The predicted molar refractivity (Wildman–Crippen MR) is 80.1 cm³/mol. The van der Waals surface area contributed by atoms with Crippen LogP contribution in [0.5, 0.6) is 0 Å². The van der Waals surface area contributed by atoms with Gasteiger partial charge in [-0.1, -0.05) is 48.0 Å². The molecule has 0 saturated carbocycles. The van der Waals surface area contributed by atoms with Crippen molar-refractivity contribution in [2.24, 2.45) is 0 Å². The van der Waals surface area contributed by atoms with Gasteiger partial charge in [0.1, 0.15) is 16.5 Å². The summed E-state index contributed by atoms with van der Waals surface area (Å²) in [5.41, 5.74) is 0.914. The van der Waals surface area contributed by atoms with Crippen LogP contribution in [0.4, 0.5) is 0 Å². The third-order valence-electron chi connectivity index (χ3n) is 3.11. The molecule has 0 spiro atoms. The average molecular weight is 284 g/mol. The number of nitrogens with one attached hydrogen (secondary N) is 1. The topological polar surface area (TPSA) is 52.9 Å². The molecule has 0 saturated heterocycles. The van der Waals surface area contributed by atoms with Gasteiger partial charge in [-0.3, -0.25) is 0 Å². The monoisotopic (exact) mass is 284 g/mol. The zero-order valence-electron chi connectivity index (χ0n) is 11.5. The van der Waals surface area contributed by atoms with Crippen LogP contribution in [0.3, 0.4) is 0 Å². The molecule has 0 aromatic heterocycles. The van der Waals surface area contributed by atoms with Crippen molar-refractivity contribution in [2.75, 3.05) is 0 Å². The molecule has 0 aliphatic rings. The Bertz CT molecular complexity index is 646. The molecular weight excluding hydrogens is 268 g/mol. The van der Waals surface area contributed by atoms with Crippen molar-refractivity contribution in [2.45, 2.75) is 24.3 Å². The number of rotatable bonds is 4. The minimum absolute atomic E-state index is 0.660. The van der Waals surface area contributed by atoms with Crippen LogP contribution in [0.1, 0.15) is 18.1 Å². The molecule has 2 aromatic rings. The first-order valence-corrected chi connectivity index (χ1v) is 7.43. The second-order valence-electron chi connectivity index (χ2n) is 4.79. The highest BCUT2D eigenvalue weighted by Crippen LogP contribution is 2.21. The molecule has 2 aromatic carbocycles. The molecule has 2 atom stereocenters. The maximum absolute atomic E-state index is 12.4. The van der Waals surface area contributed by atoms with Crippen LogP contribution in [-0.2, 0) is 16.5 Å². The lowest BCUT2D eigenvalue weighted by Crippen LogP contribution is -2.39. The smallest absolute Gasteiger partial charge is 0.140 e. The van der Waals surface area contributed by atoms with Crippen LogP contribution in [0, 0.1) is 18.3 Å². The number of hydrogen-bond donors (Lipinski definition) is 1. The Morgan fingerprint density at radius 2 is 1.70 bits per heavy atom. The molecule has 4 heteroatoms. The van der Waals surface area contributed by atoms with E-state index in [-0.39, 0.29) is 0 Å². The summed E-state index contributed by atoms with van der Waals surface area (Å²) < 4.78 is 15.3. The Morgan fingerprint density at radius 1 is 1.10 bits per heavy atom. The molecule has 0 radical (unpaired) electrons. The number of benzene rings is 2. The maximum atomic E-state index is 12.4. The Hall–Kier alpha value is -1.96. The predicted octanol–water partition coefficient (Wildman–Crippen LogP) is 3.05. The van der Waals surface area contributed by atoms with Crippen molar-refractivity contribution in [3.63, 3.8) is 0 Å². The summed E-state index contributed by atoms with van der Waals surface area (Å²) in [7, 11) is -1.43. The molecule has 2 rings (SSSR count). The molecule has 20 heavy (non-hydrogen) atoms. The fourth-order valence-corrected chi connectivity index (χ4v) is 2.86. The van der Waals surface area contributed by atoms with E-state index in [4.69, 9.17) is 0 Å². The van der Waals surface area contributed by atoms with E-state index >= 15 is 0 Å². The summed E-state index contributed by atoms with van der Waals surface area (Å²) in [6.07, 6.45) is 0. The van der Waals surface area contributed by atoms with E-state index in [0.29, 0.717) is 4.90 Å². The average Bonchev–Trinajstić information content (AvgIpc) is 2.48. The minimum atomic E-state index is -1.43. The van der Waals surface area contributed by atoms with Crippen molar-refractivity contribution >= 4 is 11.0 Å². The Balaban J connectivity index is 2.25. The summed E-state index contributed by atoms with van der Waals surface area (Å²) in [4.78, 5) is 0.660. The molecule has 0 bridgehead atoms. The van der Waals surface area contributed by atoms with Gasteiger partial charge in [-0.15, -0.1) is 0 Å². The van der Waals surface area contributed by atoms with Gasteiger partial charge in [0.25, 0.3) is 0 Å². The van der Waals surface area contributed by atoms with E-state index < -0.39 is 16.5 Å². The van der Waals surface area contributed by atoms with Crippen molar-refractivity contribution in [1.82, 2.24) is 4.72 Å². The maximum Gasteiger partial charge on any atom is 0.140 e. The van der Waals surface area contributed by atoms with Gasteiger partial charge < -0.3 is 0 Å². The van der Waals surface area contributed by atoms with E-state index in [0.717, 1.165) is 11.1 Å². The number of hydrogen-bond acceptors (Lipinski definition) is 2. The SMILES string of the molecule is Cc1ccc([S@](=O)N[C@](C)(C#N)c2ccccc2)cc1. The first kappa shape index (κ1) is 14.4. The third-order valence-corrected chi connectivity index (χ3v) is 4.40. The second kappa shape index (κ2) is 6.00. The van der Waals surface area contributed by atoms with Gasteiger partial charge in [0.05, 0.1) is 11.0 Å². The Kier molecular flexibility index (Phi) is 4.33. The lowest BCUT2D eigenvalue weighted by molar-refractivity contribution is 0.569. The zero-order chi connectivity index (χ0) is 14.6. The number of aryl methyl sites for hydroxylation is 1. The summed E-state index contributed by atoms with van der Waals surface area (Å²) in [5, 5.41) is 9.43. The molecule has 0 amide bonds. The highest BCUT2D eigenvalue weighted by Gasteiger charge is 2.28. The molecule has 102 valence electrons. The number of nitrogens with zero attached hydrogens (tertiary/aromatic N) is 1. The third kappa shape index (κ3) is 3.13. The van der Waals surface area contributed by atoms with Crippen LogP contribution >= 0.6 is 0 Å². The van der Waals surface area contributed by atoms with Crippen LogP contribution in [0.2, 0.25) is 0 Å². The summed E-state index contributed by atoms with van der Waals surface area (Å²) in [5.74, 6) is 0. The van der Waals surface area contributed by atoms with Crippen molar-refractivity contribution in [3.8, 4) is 6.07 Å². The second-order valence-corrected chi connectivity index (χ2v) is 6.00. The van der Waals surface area contributed by atoms with E-state index in [2.05, 4.69) is 10.8 Å². The summed E-state index contributed by atoms with van der Waals surface area (Å²) >= 11 is 0. The molecule has 0 fully saturated rings. The van der Waals surface area contributed by atoms with Gasteiger partial charge in [-0.2, -0.15) is 5.26 Å². The van der Waals surface area contributed by atoms with Crippen LogP contribution in [0.15, 0.2) is 59.5 Å². The molecular formula is C16H16N2OS. The van der Waals surface area contributed by atoms with Gasteiger partial charge >= 0.3 is 0 Å². The van der Waals surface area contributed by atoms with Crippen molar-refractivity contribution < 1.29 is 4.21 Å². The van der Waals surface area contributed by atoms with Crippen molar-refractivity contribution in [1.29, 1.82) is 5.26 Å². The molecule has 3 nitrogen and oxygen atoms in total. The first-order valence-electron chi connectivity index (χ1n) is 6.28. The largest absolute Gasteiger partial charge is 0.237 e. The van der Waals surface area contributed by atoms with E-state index in [9.17, 15) is 9.47 Å². The minimum Gasteiger partial charge on any atom is -0.237 e. The standard InChI is InChI=1S/C16H16N2OS/c1-13-8-10-15(11-9-13)20(19)18-16(2,12-17)14-6-4-3-5-7-14/h3-11,18H,1-2H3/t16-,20+/m1/s1. The van der Waals surface area contributed by atoms with Crippen LogP contribution < -0.4 is 4.72 Å². The van der Waals surface area contributed by atoms with Crippen LogP contribution in [-0.4, -0.2) is 4.21 Å². The van der Waals surface area contributed by atoms with E-state index in [1.54, 1.807) is 19.1 Å². The highest BCUT2D eigenvalue weighted by atomic mass is 32.2. The van der Waals surface area contributed by atoms with Gasteiger partial charge in [0.2, 0.25) is 0 Å². The summed E-state index contributed by atoms with van der Waals surface area (Å²) in [6.45, 7) is 3.71. The van der Waals surface area contributed by atoms with Gasteiger partial charge in [-0.25, -0.2) is 8.93 Å². The summed E-state index contributed by atoms with van der Waals surface area (Å²) in [6, 6.07) is 18.9. The van der Waals surface area contributed by atoms with E-state index in [1.807, 2.05) is 49.4 Å². The first-order chi connectivity index (χ1) is 9.55. The lowest BCUT2D eigenvalue weighted by Gasteiger charge is -2.23. The molecule has 0 aliphatic heterocycles. The highest BCUT2D eigenvalue weighted by molar-refractivity contribution is 7.83.